The Balaban J connectivity index is 1.70. The SMILES string of the molecule is COC(=O)N(C[C@H]1CN(c2ccc(C3CCS(=O)(=O)CC3)c(F)c2)C(=O)O1)C(C)=O. The second-order valence-corrected chi connectivity index (χ2v) is 9.65. The molecular weight excluding hydrogens is 419 g/mol. The molecule has 30 heavy (non-hydrogen) atoms. The Morgan fingerprint density at radius 2 is 1.97 bits per heavy atom. The predicted molar refractivity (Wildman–Crippen MR) is 104 cm³/mol. The lowest BCUT2D eigenvalue weighted by Gasteiger charge is -2.23. The van der Waals surface area contributed by atoms with Crippen molar-refractivity contribution in [2.24, 2.45) is 0 Å². The number of halogens is 1. The summed E-state index contributed by atoms with van der Waals surface area (Å²) in [5.41, 5.74) is 0.700. The molecule has 3 amide bonds. The third kappa shape index (κ3) is 4.72. The summed E-state index contributed by atoms with van der Waals surface area (Å²) in [5, 5.41) is 0. The van der Waals surface area contributed by atoms with Gasteiger partial charge < -0.3 is 9.47 Å². The number of imide groups is 1. The molecule has 164 valence electrons. The van der Waals surface area contributed by atoms with E-state index in [4.69, 9.17) is 4.74 Å². The molecule has 11 heteroatoms. The van der Waals surface area contributed by atoms with Crippen LogP contribution in [0.4, 0.5) is 19.7 Å². The van der Waals surface area contributed by atoms with Crippen LogP contribution in [0.25, 0.3) is 0 Å². The van der Waals surface area contributed by atoms with E-state index < -0.39 is 39.9 Å². The molecule has 0 aromatic heterocycles. The van der Waals surface area contributed by atoms with Crippen LogP contribution in [0.1, 0.15) is 31.2 Å². The zero-order valence-electron chi connectivity index (χ0n) is 16.7. The molecule has 1 aromatic carbocycles. The molecule has 0 bridgehead atoms. The highest BCUT2D eigenvalue weighted by molar-refractivity contribution is 7.91. The van der Waals surface area contributed by atoms with Crippen molar-refractivity contribution in [2.45, 2.75) is 31.8 Å². The van der Waals surface area contributed by atoms with Crippen molar-refractivity contribution in [2.75, 3.05) is 36.6 Å². The van der Waals surface area contributed by atoms with Crippen LogP contribution in [-0.4, -0.2) is 69.2 Å². The van der Waals surface area contributed by atoms with Crippen LogP contribution in [0.3, 0.4) is 0 Å². The number of carbonyl (C=O) groups excluding carboxylic acids is 3. The molecule has 2 saturated heterocycles. The van der Waals surface area contributed by atoms with E-state index in [1.54, 1.807) is 12.1 Å². The largest absolute Gasteiger partial charge is 0.452 e. The maximum Gasteiger partial charge on any atom is 0.416 e. The number of ether oxygens (including phenoxy) is 2. The van der Waals surface area contributed by atoms with Crippen LogP contribution in [0.5, 0.6) is 0 Å². The molecule has 0 unspecified atom stereocenters. The zero-order chi connectivity index (χ0) is 22.1. The van der Waals surface area contributed by atoms with E-state index in [0.29, 0.717) is 18.4 Å². The standard InChI is InChI=1S/C19H23FN2O7S/c1-12(23)21(18(24)28-2)10-15-11-22(19(25)29-15)14-3-4-16(17(20)9-14)13-5-7-30(26,27)8-6-13/h3-4,9,13,15H,5-8,10-11H2,1-2H3/t15-/m0/s1. The van der Waals surface area contributed by atoms with Gasteiger partial charge in [0, 0.05) is 6.92 Å². The molecule has 0 aliphatic carbocycles. The summed E-state index contributed by atoms with van der Waals surface area (Å²) < 4.78 is 47.6. The first-order chi connectivity index (χ1) is 14.1. The third-order valence-corrected chi connectivity index (χ3v) is 7.04. The van der Waals surface area contributed by atoms with E-state index in [0.717, 1.165) is 12.0 Å². The van der Waals surface area contributed by atoms with Gasteiger partial charge >= 0.3 is 12.2 Å². The van der Waals surface area contributed by atoms with Crippen molar-refractivity contribution in [3.63, 3.8) is 0 Å². The van der Waals surface area contributed by atoms with E-state index in [-0.39, 0.29) is 36.2 Å². The smallest absolute Gasteiger partial charge is 0.416 e. The lowest BCUT2D eigenvalue weighted by Crippen LogP contribution is -2.42. The summed E-state index contributed by atoms with van der Waals surface area (Å²) in [7, 11) is -1.91. The van der Waals surface area contributed by atoms with Gasteiger partial charge in [0.25, 0.3) is 0 Å². The van der Waals surface area contributed by atoms with Crippen molar-refractivity contribution in [1.29, 1.82) is 0 Å². The summed E-state index contributed by atoms with van der Waals surface area (Å²) in [4.78, 5) is 37.6. The second kappa shape index (κ2) is 8.58. The van der Waals surface area contributed by atoms with Crippen molar-refractivity contribution in [3.05, 3.63) is 29.6 Å². The molecular formula is C19H23FN2O7S. The summed E-state index contributed by atoms with van der Waals surface area (Å²) in [6.07, 6.45) is -1.64. The molecule has 1 atom stereocenters. The number of anilines is 1. The number of carbonyl (C=O) groups is 3. The Morgan fingerprint density at radius 3 is 2.53 bits per heavy atom. The lowest BCUT2D eigenvalue weighted by molar-refractivity contribution is -0.128. The molecule has 0 spiro atoms. The highest BCUT2D eigenvalue weighted by Gasteiger charge is 2.36. The monoisotopic (exact) mass is 442 g/mol. The van der Waals surface area contributed by atoms with Crippen LogP contribution >= 0.6 is 0 Å². The Kier molecular flexibility index (Phi) is 6.30. The van der Waals surface area contributed by atoms with E-state index in [1.165, 1.54) is 17.9 Å². The number of amides is 3. The van der Waals surface area contributed by atoms with E-state index in [9.17, 15) is 27.2 Å². The number of nitrogens with zero attached hydrogens (tertiary/aromatic N) is 2. The van der Waals surface area contributed by atoms with Crippen molar-refractivity contribution >= 4 is 33.6 Å². The highest BCUT2D eigenvalue weighted by atomic mass is 32.2. The first-order valence-electron chi connectivity index (χ1n) is 9.45. The maximum atomic E-state index is 14.7. The van der Waals surface area contributed by atoms with Gasteiger partial charge in [-0.15, -0.1) is 0 Å². The molecule has 9 nitrogen and oxygen atoms in total. The van der Waals surface area contributed by atoms with Gasteiger partial charge in [-0.05, 0) is 36.5 Å². The second-order valence-electron chi connectivity index (χ2n) is 7.35. The van der Waals surface area contributed by atoms with Gasteiger partial charge in [0.05, 0.1) is 37.4 Å². The minimum absolute atomic E-state index is 0.0278. The minimum atomic E-state index is -3.05. The van der Waals surface area contributed by atoms with Crippen molar-refractivity contribution in [1.82, 2.24) is 4.90 Å². The molecule has 0 radical (unpaired) electrons. The third-order valence-electron chi connectivity index (χ3n) is 5.33. The average molecular weight is 442 g/mol. The first kappa shape index (κ1) is 22.0. The topological polar surface area (TPSA) is 110 Å². The number of benzene rings is 1. The molecule has 2 fully saturated rings. The van der Waals surface area contributed by atoms with Crippen LogP contribution in [0.2, 0.25) is 0 Å². The maximum absolute atomic E-state index is 14.7. The van der Waals surface area contributed by atoms with Gasteiger partial charge in [0.15, 0.2) is 0 Å². The van der Waals surface area contributed by atoms with Gasteiger partial charge in [-0.2, -0.15) is 0 Å². The van der Waals surface area contributed by atoms with Gasteiger partial charge in [-0.1, -0.05) is 6.07 Å². The Hall–Kier alpha value is -2.69. The van der Waals surface area contributed by atoms with Crippen LogP contribution in [-0.2, 0) is 24.1 Å². The number of sulfone groups is 1. The molecule has 2 heterocycles. The first-order valence-corrected chi connectivity index (χ1v) is 11.3. The number of hydrogen-bond acceptors (Lipinski definition) is 7. The Bertz CT molecular complexity index is 952. The summed E-state index contributed by atoms with van der Waals surface area (Å²) in [6.45, 7) is 1.04. The van der Waals surface area contributed by atoms with E-state index in [2.05, 4.69) is 4.74 Å². The normalized spacial score (nSPS) is 21.2. The summed E-state index contributed by atoms with van der Waals surface area (Å²) in [6, 6.07) is 4.35. The molecule has 0 N–H and O–H groups in total. The fourth-order valence-corrected chi connectivity index (χ4v) is 5.18. The predicted octanol–water partition coefficient (Wildman–Crippen LogP) is 2.06. The molecule has 2 aliphatic heterocycles. The molecule has 2 aliphatic rings. The van der Waals surface area contributed by atoms with E-state index >= 15 is 0 Å². The van der Waals surface area contributed by atoms with Crippen LogP contribution < -0.4 is 4.90 Å². The fourth-order valence-electron chi connectivity index (χ4n) is 3.69. The van der Waals surface area contributed by atoms with Gasteiger partial charge in [-0.25, -0.2) is 27.3 Å². The molecule has 1 aromatic rings. The summed E-state index contributed by atoms with van der Waals surface area (Å²) in [5.74, 6) is -1.20. The summed E-state index contributed by atoms with van der Waals surface area (Å²) >= 11 is 0. The Morgan fingerprint density at radius 1 is 1.30 bits per heavy atom. The van der Waals surface area contributed by atoms with Crippen LogP contribution in [0.15, 0.2) is 18.2 Å². The minimum Gasteiger partial charge on any atom is -0.452 e. The number of methoxy groups -OCH3 is 1. The van der Waals surface area contributed by atoms with E-state index in [1.807, 2.05) is 0 Å². The number of cyclic esters (lactones) is 1. The quantitative estimate of drug-likeness (QED) is 0.702. The average Bonchev–Trinajstić information content (AvgIpc) is 3.06. The number of hydrogen-bond donors (Lipinski definition) is 0. The van der Waals surface area contributed by atoms with Crippen LogP contribution in [0, 0.1) is 5.82 Å². The Labute approximate surface area is 173 Å². The number of rotatable bonds is 4. The molecule has 3 rings (SSSR count). The van der Waals surface area contributed by atoms with Gasteiger partial charge in [-0.3, -0.25) is 9.69 Å². The zero-order valence-corrected chi connectivity index (χ0v) is 17.5. The lowest BCUT2D eigenvalue weighted by atomic mass is 9.93. The molecule has 0 saturated carbocycles. The fraction of sp³-hybridized carbons (Fsp3) is 0.526. The van der Waals surface area contributed by atoms with Crippen molar-refractivity contribution in [3.8, 4) is 0 Å². The van der Waals surface area contributed by atoms with Gasteiger partial charge in [0.1, 0.15) is 21.8 Å². The van der Waals surface area contributed by atoms with Gasteiger partial charge in [0.2, 0.25) is 5.91 Å². The van der Waals surface area contributed by atoms with Crippen molar-refractivity contribution < 1.29 is 36.7 Å². The highest BCUT2D eigenvalue weighted by Crippen LogP contribution is 2.33.